The van der Waals surface area contributed by atoms with Gasteiger partial charge in [-0.1, -0.05) is 12.1 Å². The highest BCUT2D eigenvalue weighted by Crippen LogP contribution is 2.16. The Bertz CT molecular complexity index is 613. The lowest BCUT2D eigenvalue weighted by molar-refractivity contribution is -0.126. The SMILES string of the molecule is NC(=O)N1CCC[C@@H](C(=O)NNC(=S)Nc2ccccc2F)C1. The van der Waals surface area contributed by atoms with Crippen LogP contribution in [0.2, 0.25) is 0 Å². The highest BCUT2D eigenvalue weighted by atomic mass is 32.1. The summed E-state index contributed by atoms with van der Waals surface area (Å²) in [6.45, 7) is 0.830. The van der Waals surface area contributed by atoms with Crippen LogP contribution in [-0.4, -0.2) is 35.0 Å². The van der Waals surface area contributed by atoms with Crippen molar-refractivity contribution in [3.05, 3.63) is 30.1 Å². The van der Waals surface area contributed by atoms with E-state index in [9.17, 15) is 14.0 Å². The van der Waals surface area contributed by atoms with Crippen LogP contribution in [0.1, 0.15) is 12.8 Å². The molecular formula is C14H18FN5O2S. The van der Waals surface area contributed by atoms with Crippen LogP contribution < -0.4 is 21.9 Å². The number of carbonyl (C=O) groups excluding carboxylic acids is 2. The fourth-order valence-electron chi connectivity index (χ4n) is 2.33. The van der Waals surface area contributed by atoms with Gasteiger partial charge in [-0.25, -0.2) is 9.18 Å². The van der Waals surface area contributed by atoms with Crippen molar-refractivity contribution in [2.75, 3.05) is 18.4 Å². The van der Waals surface area contributed by atoms with E-state index in [0.717, 1.165) is 0 Å². The molecule has 124 valence electrons. The number of rotatable bonds is 2. The lowest BCUT2D eigenvalue weighted by atomic mass is 9.98. The van der Waals surface area contributed by atoms with Gasteiger partial charge in [0, 0.05) is 13.1 Å². The number of hydrogen-bond acceptors (Lipinski definition) is 3. The minimum absolute atomic E-state index is 0.0611. The number of likely N-dealkylation sites (tertiary alicyclic amines) is 1. The highest BCUT2D eigenvalue weighted by Gasteiger charge is 2.27. The van der Waals surface area contributed by atoms with Crippen molar-refractivity contribution < 1.29 is 14.0 Å². The van der Waals surface area contributed by atoms with Gasteiger partial charge in [0.05, 0.1) is 11.6 Å². The Hall–Kier alpha value is -2.42. The van der Waals surface area contributed by atoms with E-state index in [-0.39, 0.29) is 29.2 Å². The van der Waals surface area contributed by atoms with Crippen molar-refractivity contribution in [1.29, 1.82) is 0 Å². The number of amides is 3. The van der Waals surface area contributed by atoms with Gasteiger partial charge >= 0.3 is 6.03 Å². The number of hydrazine groups is 1. The molecule has 3 amide bonds. The number of nitrogens with zero attached hydrogens (tertiary/aromatic N) is 1. The van der Waals surface area contributed by atoms with Gasteiger partial charge in [0.15, 0.2) is 5.11 Å². The number of carbonyl (C=O) groups is 2. The maximum absolute atomic E-state index is 13.5. The summed E-state index contributed by atoms with van der Waals surface area (Å²) in [6.07, 6.45) is 1.36. The molecule has 1 aromatic rings. The van der Waals surface area contributed by atoms with Crippen LogP contribution in [0.3, 0.4) is 0 Å². The number of urea groups is 1. The van der Waals surface area contributed by atoms with E-state index in [0.29, 0.717) is 19.4 Å². The second-order valence-corrected chi connectivity index (χ2v) is 5.58. The summed E-state index contributed by atoms with van der Waals surface area (Å²) in [6, 6.07) is 5.51. The number of halogens is 1. The molecule has 7 nitrogen and oxygen atoms in total. The molecule has 0 unspecified atom stereocenters. The third-order valence-corrected chi connectivity index (χ3v) is 3.73. The number of thiocarbonyl (C=S) groups is 1. The van der Waals surface area contributed by atoms with Crippen LogP contribution in [0.25, 0.3) is 0 Å². The quantitative estimate of drug-likeness (QED) is 0.475. The normalized spacial score (nSPS) is 17.3. The highest BCUT2D eigenvalue weighted by molar-refractivity contribution is 7.80. The number of anilines is 1. The monoisotopic (exact) mass is 339 g/mol. The number of primary amides is 1. The first kappa shape index (κ1) is 16.9. The van der Waals surface area contributed by atoms with Gasteiger partial charge in [0.2, 0.25) is 5.91 Å². The zero-order chi connectivity index (χ0) is 16.8. The fraction of sp³-hybridized carbons (Fsp3) is 0.357. The molecule has 9 heteroatoms. The standard InChI is InChI=1S/C14H18FN5O2S/c15-10-5-1-2-6-11(10)17-14(23)19-18-12(21)9-4-3-7-20(8-9)13(16)22/h1-2,5-6,9H,3-4,7-8H2,(H2,16,22)(H,18,21)(H2,17,19,23)/t9-/m1/s1. The van der Waals surface area contributed by atoms with Gasteiger partial charge in [-0.2, -0.15) is 0 Å². The van der Waals surface area contributed by atoms with E-state index in [4.69, 9.17) is 18.0 Å². The average Bonchev–Trinajstić information content (AvgIpc) is 2.55. The smallest absolute Gasteiger partial charge is 0.314 e. The van der Waals surface area contributed by atoms with Crippen LogP contribution >= 0.6 is 12.2 Å². The topological polar surface area (TPSA) is 99.5 Å². The Morgan fingerprint density at radius 1 is 1.30 bits per heavy atom. The predicted molar refractivity (Wildman–Crippen MR) is 87.8 cm³/mol. The van der Waals surface area contributed by atoms with E-state index in [1.165, 1.54) is 17.0 Å². The van der Waals surface area contributed by atoms with Gasteiger partial charge in [-0.3, -0.25) is 15.6 Å². The first-order valence-electron chi connectivity index (χ1n) is 7.13. The summed E-state index contributed by atoms with van der Waals surface area (Å²) in [4.78, 5) is 24.7. The Morgan fingerprint density at radius 3 is 2.74 bits per heavy atom. The predicted octanol–water partition coefficient (Wildman–Crippen LogP) is 0.934. The Labute approximate surface area is 138 Å². The molecular weight excluding hydrogens is 321 g/mol. The molecule has 0 aromatic heterocycles. The van der Waals surface area contributed by atoms with Crippen molar-refractivity contribution in [3.8, 4) is 0 Å². The van der Waals surface area contributed by atoms with Crippen LogP contribution in [0.5, 0.6) is 0 Å². The van der Waals surface area contributed by atoms with Gasteiger partial charge in [-0.15, -0.1) is 0 Å². The maximum atomic E-state index is 13.5. The first-order chi connectivity index (χ1) is 11.0. The third kappa shape index (κ3) is 4.78. The number of benzene rings is 1. The molecule has 1 saturated heterocycles. The molecule has 0 aliphatic carbocycles. The molecule has 0 saturated carbocycles. The Balaban J connectivity index is 1.81. The van der Waals surface area contributed by atoms with Crippen LogP contribution in [-0.2, 0) is 4.79 Å². The van der Waals surface area contributed by atoms with Gasteiger partial charge < -0.3 is 16.0 Å². The number of nitrogens with two attached hydrogens (primary N) is 1. The van der Waals surface area contributed by atoms with E-state index in [1.807, 2.05) is 0 Å². The molecule has 1 heterocycles. The van der Waals surface area contributed by atoms with E-state index < -0.39 is 11.8 Å². The molecule has 1 aromatic carbocycles. The van der Waals surface area contributed by atoms with E-state index in [1.54, 1.807) is 12.1 Å². The number of nitrogens with one attached hydrogen (secondary N) is 3. The zero-order valence-electron chi connectivity index (χ0n) is 12.3. The molecule has 23 heavy (non-hydrogen) atoms. The van der Waals surface area contributed by atoms with E-state index in [2.05, 4.69) is 16.2 Å². The van der Waals surface area contributed by atoms with Gasteiger partial charge in [0.1, 0.15) is 5.82 Å². The third-order valence-electron chi connectivity index (χ3n) is 3.53. The van der Waals surface area contributed by atoms with Crippen LogP contribution in [0, 0.1) is 11.7 Å². The average molecular weight is 339 g/mol. The van der Waals surface area contributed by atoms with Crippen molar-refractivity contribution >= 4 is 35.0 Å². The summed E-state index contributed by atoms with van der Waals surface area (Å²) in [7, 11) is 0. The largest absolute Gasteiger partial charge is 0.351 e. The van der Waals surface area contributed by atoms with Crippen LogP contribution in [0.15, 0.2) is 24.3 Å². The molecule has 0 spiro atoms. The molecule has 0 radical (unpaired) electrons. The lowest BCUT2D eigenvalue weighted by Gasteiger charge is -2.30. The minimum atomic E-state index is -0.535. The summed E-state index contributed by atoms with van der Waals surface area (Å²) in [5, 5.41) is 2.70. The minimum Gasteiger partial charge on any atom is -0.351 e. The number of piperidine rings is 1. The Morgan fingerprint density at radius 2 is 2.04 bits per heavy atom. The van der Waals surface area contributed by atoms with Gasteiger partial charge in [-0.05, 0) is 37.2 Å². The fourth-order valence-corrected chi connectivity index (χ4v) is 2.49. The zero-order valence-corrected chi connectivity index (χ0v) is 13.2. The summed E-state index contributed by atoms with van der Waals surface area (Å²) in [5.41, 5.74) is 10.4. The molecule has 2 rings (SSSR count). The van der Waals surface area contributed by atoms with E-state index >= 15 is 0 Å². The second-order valence-electron chi connectivity index (χ2n) is 5.17. The lowest BCUT2D eigenvalue weighted by Crippen LogP contribution is -2.51. The van der Waals surface area contributed by atoms with Gasteiger partial charge in [0.25, 0.3) is 0 Å². The van der Waals surface area contributed by atoms with Crippen molar-refractivity contribution in [2.24, 2.45) is 11.7 Å². The maximum Gasteiger partial charge on any atom is 0.314 e. The number of para-hydroxylation sites is 1. The second kappa shape index (κ2) is 7.73. The summed E-state index contributed by atoms with van der Waals surface area (Å²) >= 11 is 4.99. The first-order valence-corrected chi connectivity index (χ1v) is 7.54. The van der Waals surface area contributed by atoms with Crippen molar-refractivity contribution in [3.63, 3.8) is 0 Å². The molecule has 5 N–H and O–H groups in total. The molecule has 1 fully saturated rings. The van der Waals surface area contributed by atoms with Crippen molar-refractivity contribution in [2.45, 2.75) is 12.8 Å². The molecule has 0 bridgehead atoms. The number of hydrogen-bond donors (Lipinski definition) is 4. The molecule has 1 aliphatic rings. The summed E-state index contributed by atoms with van der Waals surface area (Å²) in [5.74, 6) is -1.11. The molecule has 1 atom stereocenters. The van der Waals surface area contributed by atoms with Crippen LogP contribution in [0.4, 0.5) is 14.9 Å². The Kier molecular flexibility index (Phi) is 5.69. The molecule has 1 aliphatic heterocycles. The summed E-state index contributed by atoms with van der Waals surface area (Å²) < 4.78 is 13.5. The van der Waals surface area contributed by atoms with Crippen molar-refractivity contribution in [1.82, 2.24) is 15.8 Å².